The van der Waals surface area contributed by atoms with Gasteiger partial charge in [0.25, 0.3) is 0 Å². The van der Waals surface area contributed by atoms with Crippen LogP contribution in [0.2, 0.25) is 0 Å². The molecule has 4 rings (SSSR count). The normalized spacial score (nSPS) is 21.4. The quantitative estimate of drug-likeness (QED) is 0.686. The first kappa shape index (κ1) is 21.4. The third-order valence-corrected chi connectivity index (χ3v) is 5.84. The summed E-state index contributed by atoms with van der Waals surface area (Å²) in [7, 11) is 0. The number of alkyl halides is 2. The Hall–Kier alpha value is -2.79. The third-order valence-electron chi connectivity index (χ3n) is 5.84. The number of halogens is 3. The zero-order chi connectivity index (χ0) is 22.3. The summed E-state index contributed by atoms with van der Waals surface area (Å²) in [6, 6.07) is 2.32. The van der Waals surface area contributed by atoms with Gasteiger partial charge in [-0.3, -0.25) is 4.79 Å². The van der Waals surface area contributed by atoms with Crippen LogP contribution in [-0.4, -0.2) is 67.6 Å². The van der Waals surface area contributed by atoms with Crippen LogP contribution >= 0.6 is 0 Å². The highest BCUT2D eigenvalue weighted by Crippen LogP contribution is 2.32. The molecule has 2 fully saturated rings. The van der Waals surface area contributed by atoms with Gasteiger partial charge in [0.2, 0.25) is 5.43 Å². The molecule has 2 aromatic rings. The van der Waals surface area contributed by atoms with Crippen molar-refractivity contribution in [3.05, 3.63) is 34.4 Å². The third kappa shape index (κ3) is 3.72. The number of nitrogens with zero attached hydrogens (tertiary/aromatic N) is 2. The molecule has 0 amide bonds. The fourth-order valence-electron chi connectivity index (χ4n) is 4.12. The smallest absolute Gasteiger partial charge is 0.449 e. The highest BCUT2D eigenvalue weighted by atomic mass is 19.1. The highest BCUT2D eigenvalue weighted by molar-refractivity contribution is 5.85. The van der Waals surface area contributed by atoms with E-state index in [0.717, 1.165) is 16.8 Å². The Morgan fingerprint density at radius 2 is 2.10 bits per heavy atom. The molecular formula is C20H22F3N3O5. The molecule has 2 aliphatic rings. The van der Waals surface area contributed by atoms with Crippen LogP contribution in [0.25, 0.3) is 10.9 Å². The molecule has 0 spiro atoms. The van der Waals surface area contributed by atoms with E-state index in [1.54, 1.807) is 4.90 Å². The molecular weight excluding hydrogens is 419 g/mol. The van der Waals surface area contributed by atoms with Gasteiger partial charge in [-0.1, -0.05) is 0 Å². The van der Waals surface area contributed by atoms with Gasteiger partial charge in [-0.15, -0.1) is 0 Å². The first-order valence-electron chi connectivity index (χ1n) is 9.79. The number of carbonyl (C=O) groups is 1. The number of hydrogen-bond donors (Lipinski definition) is 2. The maximum Gasteiger partial charge on any atom is 0.511 e. The van der Waals surface area contributed by atoms with Gasteiger partial charge in [-0.05, 0) is 19.1 Å². The highest BCUT2D eigenvalue weighted by Gasteiger charge is 2.37. The van der Waals surface area contributed by atoms with Crippen LogP contribution in [-0.2, 0) is 10.3 Å². The van der Waals surface area contributed by atoms with Crippen LogP contribution < -0.4 is 20.4 Å². The van der Waals surface area contributed by atoms with Crippen molar-refractivity contribution in [2.45, 2.75) is 24.6 Å². The zero-order valence-electron chi connectivity index (χ0n) is 16.7. The lowest BCUT2D eigenvalue weighted by molar-refractivity contribution is 0.0212. The minimum Gasteiger partial charge on any atom is -0.449 e. The molecule has 0 saturated carbocycles. The second kappa shape index (κ2) is 8.04. The number of pyridine rings is 1. The van der Waals surface area contributed by atoms with Crippen molar-refractivity contribution in [2.75, 3.05) is 44.5 Å². The second-order valence-electron chi connectivity index (χ2n) is 8.02. The summed E-state index contributed by atoms with van der Waals surface area (Å²) in [6.45, 7) is 1.08. The predicted octanol–water partition coefficient (Wildman–Crippen LogP) is 2.03. The van der Waals surface area contributed by atoms with E-state index in [1.807, 2.05) is 0 Å². The molecule has 0 bridgehead atoms. The van der Waals surface area contributed by atoms with E-state index in [1.165, 1.54) is 13.0 Å². The van der Waals surface area contributed by atoms with Crippen molar-refractivity contribution in [1.82, 2.24) is 9.88 Å². The van der Waals surface area contributed by atoms with E-state index >= 15 is 4.39 Å². The number of hydrogen-bond acceptors (Lipinski definition) is 6. The van der Waals surface area contributed by atoms with Gasteiger partial charge in [0.15, 0.2) is 5.75 Å². The summed E-state index contributed by atoms with van der Waals surface area (Å²) in [5.74, 6) is -1.38. The Bertz CT molecular complexity index is 1060. The molecule has 168 valence electrons. The number of nitrogens with one attached hydrogen (secondary N) is 1. The molecule has 0 radical (unpaired) electrons. The second-order valence-corrected chi connectivity index (χ2v) is 8.02. The maximum atomic E-state index is 15.1. The largest absolute Gasteiger partial charge is 0.511 e. The molecule has 1 aromatic heterocycles. The summed E-state index contributed by atoms with van der Waals surface area (Å²) in [6.07, 6.45) is -0.942. The molecule has 31 heavy (non-hydrogen) atoms. The number of benzene rings is 1. The predicted molar refractivity (Wildman–Crippen MR) is 106 cm³/mol. The van der Waals surface area contributed by atoms with Gasteiger partial charge in [-0.25, -0.2) is 18.0 Å². The van der Waals surface area contributed by atoms with E-state index in [9.17, 15) is 18.4 Å². The molecule has 2 atom stereocenters. The van der Waals surface area contributed by atoms with Gasteiger partial charge in [0.05, 0.1) is 47.1 Å². The fourth-order valence-corrected chi connectivity index (χ4v) is 4.12. The van der Waals surface area contributed by atoms with Gasteiger partial charge in [-0.2, -0.15) is 0 Å². The van der Waals surface area contributed by atoms with Crippen LogP contribution in [0.4, 0.5) is 23.7 Å². The van der Waals surface area contributed by atoms with Gasteiger partial charge in [0, 0.05) is 19.6 Å². The number of morpholine rings is 1. The topological polar surface area (TPSA) is 93.0 Å². The summed E-state index contributed by atoms with van der Waals surface area (Å²) < 4.78 is 54.0. The molecule has 2 aliphatic heterocycles. The number of rotatable bonds is 5. The zero-order valence-corrected chi connectivity index (χ0v) is 16.7. The summed E-state index contributed by atoms with van der Waals surface area (Å²) in [5.41, 5.74) is -2.41. The molecule has 8 nitrogen and oxygen atoms in total. The van der Waals surface area contributed by atoms with Crippen molar-refractivity contribution >= 4 is 22.7 Å². The first-order valence-corrected chi connectivity index (χ1v) is 9.79. The first-order chi connectivity index (χ1) is 14.8. The number of fused-ring (bicyclic) bond motifs is 2. The Morgan fingerprint density at radius 1 is 1.35 bits per heavy atom. The van der Waals surface area contributed by atoms with E-state index in [2.05, 4.69) is 10.1 Å². The van der Waals surface area contributed by atoms with Crippen LogP contribution in [0, 0.1) is 5.82 Å². The summed E-state index contributed by atoms with van der Waals surface area (Å²) in [5, 5.41) is 12.0. The summed E-state index contributed by atoms with van der Waals surface area (Å²) >= 11 is 0. The molecule has 2 saturated heterocycles. The molecule has 1 aromatic carbocycles. The SMILES string of the molecule is CC(CF)(CF)n1cc(OC(=O)O)c(=O)c2cc(F)c(N3C[C@@H]4NCCO[C@@H]4C3)cc21. The van der Waals surface area contributed by atoms with Crippen LogP contribution in [0.3, 0.4) is 0 Å². The summed E-state index contributed by atoms with van der Waals surface area (Å²) in [4.78, 5) is 25.4. The standard InChI is InChI=1S/C20H22F3N3O5/c1-20(9-21,10-22)26-8-17(31-19(28)29)18(27)11-4-12(23)15(5-14(11)26)25-6-13-16(7-25)30-3-2-24-13/h4-5,8,13,16,24H,2-3,6-7,9-10H2,1H3,(H,28,29)/t13-,16+/m0/s1. The number of anilines is 1. The van der Waals surface area contributed by atoms with Crippen LogP contribution in [0.15, 0.2) is 23.1 Å². The Kier molecular flexibility index (Phi) is 5.56. The minimum atomic E-state index is -1.77. The van der Waals surface area contributed by atoms with E-state index in [0.29, 0.717) is 26.2 Å². The van der Waals surface area contributed by atoms with Crippen LogP contribution in [0.5, 0.6) is 5.75 Å². The number of ether oxygens (including phenoxy) is 2. The molecule has 3 heterocycles. The maximum absolute atomic E-state index is 15.1. The van der Waals surface area contributed by atoms with Crippen molar-refractivity contribution < 1.29 is 32.5 Å². The van der Waals surface area contributed by atoms with Gasteiger partial charge < -0.3 is 29.4 Å². The Balaban J connectivity index is 1.89. The average Bonchev–Trinajstić information content (AvgIpc) is 3.18. The number of carboxylic acid groups (broad SMARTS) is 1. The average molecular weight is 441 g/mol. The van der Waals surface area contributed by atoms with Crippen molar-refractivity contribution in [3.8, 4) is 5.75 Å². The lowest BCUT2D eigenvalue weighted by Crippen LogP contribution is -2.47. The number of aromatic nitrogens is 1. The van der Waals surface area contributed by atoms with E-state index < -0.39 is 42.0 Å². The Labute approximate surface area is 175 Å². The molecule has 2 N–H and O–H groups in total. The van der Waals surface area contributed by atoms with Crippen LogP contribution in [0.1, 0.15) is 6.92 Å². The minimum absolute atomic E-state index is 0.0133. The lowest BCUT2D eigenvalue weighted by Gasteiger charge is -2.29. The lowest BCUT2D eigenvalue weighted by atomic mass is 10.0. The molecule has 0 aliphatic carbocycles. The fraction of sp³-hybridized carbons (Fsp3) is 0.500. The Morgan fingerprint density at radius 3 is 2.74 bits per heavy atom. The van der Waals surface area contributed by atoms with Crippen molar-refractivity contribution in [2.24, 2.45) is 0 Å². The van der Waals surface area contributed by atoms with Gasteiger partial charge >= 0.3 is 6.16 Å². The van der Waals surface area contributed by atoms with Crippen molar-refractivity contribution in [1.29, 1.82) is 0 Å². The van der Waals surface area contributed by atoms with E-state index in [4.69, 9.17) is 9.84 Å². The van der Waals surface area contributed by atoms with Gasteiger partial charge in [0.1, 0.15) is 19.2 Å². The molecule has 0 unspecified atom stereocenters. The monoisotopic (exact) mass is 441 g/mol. The molecule has 11 heteroatoms. The van der Waals surface area contributed by atoms with Crippen molar-refractivity contribution in [3.63, 3.8) is 0 Å². The van der Waals surface area contributed by atoms with E-state index in [-0.39, 0.29) is 28.7 Å².